The van der Waals surface area contributed by atoms with Gasteiger partial charge in [-0.1, -0.05) is 29.8 Å². The van der Waals surface area contributed by atoms with Crippen molar-refractivity contribution in [3.63, 3.8) is 0 Å². The molecule has 0 unspecified atom stereocenters. The monoisotopic (exact) mass is 540 g/mol. The zero-order chi connectivity index (χ0) is 26.9. The van der Waals surface area contributed by atoms with Crippen LogP contribution in [-0.2, 0) is 4.74 Å². The highest BCUT2D eigenvalue weighted by atomic mass is 35.5. The van der Waals surface area contributed by atoms with E-state index in [2.05, 4.69) is 26.3 Å². The van der Waals surface area contributed by atoms with E-state index in [0.29, 0.717) is 49.0 Å². The standard InChI is InChI=1S/C28H37ClN6O3/c1-27(2,3)38-26(36)35-14-10-28(37,11-15-35)9-13-34-12-8-19(18-34)32-25-31-17-22(29)24(33-25)21-16-30-23-7-5-4-6-20(21)23/h4-7,16-17,19,30,37H,8-15,18H2,1-3H3,(H,31,32,33)/t19-/m1/s1. The number of amides is 1. The quantitative estimate of drug-likeness (QED) is 0.407. The van der Waals surface area contributed by atoms with E-state index in [1.54, 1.807) is 11.1 Å². The summed E-state index contributed by atoms with van der Waals surface area (Å²) in [5.41, 5.74) is 1.43. The second kappa shape index (κ2) is 10.7. The number of hydrogen-bond donors (Lipinski definition) is 3. The first-order chi connectivity index (χ1) is 18.1. The topological polar surface area (TPSA) is 107 Å². The summed E-state index contributed by atoms with van der Waals surface area (Å²) in [6.07, 6.45) is 6.07. The minimum absolute atomic E-state index is 0.218. The van der Waals surface area contributed by atoms with Gasteiger partial charge in [-0.2, -0.15) is 0 Å². The van der Waals surface area contributed by atoms with Crippen LogP contribution < -0.4 is 5.32 Å². The SMILES string of the molecule is CC(C)(C)OC(=O)N1CCC(O)(CCN2CC[C@@H](Nc3ncc(Cl)c(-c4c[nH]c5ccccc45)n3)C2)CC1. The lowest BCUT2D eigenvalue weighted by Crippen LogP contribution is -2.49. The van der Waals surface area contributed by atoms with Crippen molar-refractivity contribution in [2.75, 3.05) is 38.0 Å². The number of carbonyl (C=O) groups is 1. The van der Waals surface area contributed by atoms with Crippen LogP contribution in [-0.4, -0.2) is 85.9 Å². The van der Waals surface area contributed by atoms with Crippen LogP contribution in [0.1, 0.15) is 46.5 Å². The Kier molecular flexibility index (Phi) is 7.53. The lowest BCUT2D eigenvalue weighted by Gasteiger charge is -2.39. The van der Waals surface area contributed by atoms with Crippen molar-refractivity contribution in [2.24, 2.45) is 0 Å². The van der Waals surface area contributed by atoms with Crippen molar-refractivity contribution >= 4 is 34.5 Å². The Morgan fingerprint density at radius 2 is 2.03 bits per heavy atom. The normalized spacial score (nSPS) is 20.1. The third kappa shape index (κ3) is 6.22. The highest BCUT2D eigenvalue weighted by Crippen LogP contribution is 2.33. The molecule has 9 nitrogen and oxygen atoms in total. The van der Waals surface area contributed by atoms with Gasteiger partial charge in [-0.3, -0.25) is 0 Å². The number of likely N-dealkylation sites (tertiary alicyclic amines) is 2. The van der Waals surface area contributed by atoms with E-state index in [-0.39, 0.29) is 12.1 Å². The predicted octanol–water partition coefficient (Wildman–Crippen LogP) is 4.92. The number of benzene rings is 1. The maximum absolute atomic E-state index is 12.3. The molecule has 1 atom stereocenters. The van der Waals surface area contributed by atoms with Gasteiger partial charge < -0.3 is 29.9 Å². The summed E-state index contributed by atoms with van der Waals surface area (Å²) in [4.78, 5) is 28.9. The number of fused-ring (bicyclic) bond motifs is 1. The zero-order valence-corrected chi connectivity index (χ0v) is 23.1. The van der Waals surface area contributed by atoms with Crippen molar-refractivity contribution in [3.05, 3.63) is 41.7 Å². The number of anilines is 1. The smallest absolute Gasteiger partial charge is 0.410 e. The van der Waals surface area contributed by atoms with Gasteiger partial charge in [0.1, 0.15) is 5.60 Å². The van der Waals surface area contributed by atoms with Gasteiger partial charge in [-0.15, -0.1) is 0 Å². The summed E-state index contributed by atoms with van der Waals surface area (Å²) in [6.45, 7) is 9.24. The van der Waals surface area contributed by atoms with Crippen LogP contribution in [0.2, 0.25) is 5.02 Å². The van der Waals surface area contributed by atoms with Crippen molar-refractivity contribution in [3.8, 4) is 11.3 Å². The van der Waals surface area contributed by atoms with Crippen molar-refractivity contribution in [1.82, 2.24) is 24.8 Å². The van der Waals surface area contributed by atoms with Crippen molar-refractivity contribution in [2.45, 2.75) is 63.7 Å². The number of aromatic nitrogens is 3. The van der Waals surface area contributed by atoms with Crippen molar-refractivity contribution in [1.29, 1.82) is 0 Å². The Balaban J connectivity index is 1.13. The Labute approximate surface area is 228 Å². The Bertz CT molecular complexity index is 1280. The fourth-order valence-electron chi connectivity index (χ4n) is 5.28. The molecule has 0 bridgehead atoms. The molecule has 2 fully saturated rings. The fraction of sp³-hybridized carbons (Fsp3) is 0.536. The first kappa shape index (κ1) is 26.7. The lowest BCUT2D eigenvalue weighted by atomic mass is 9.88. The zero-order valence-electron chi connectivity index (χ0n) is 22.3. The number of halogens is 1. The van der Waals surface area contributed by atoms with Gasteiger partial charge in [0.25, 0.3) is 0 Å². The van der Waals surface area contributed by atoms with Gasteiger partial charge in [0.2, 0.25) is 5.95 Å². The number of piperidine rings is 1. The first-order valence-electron chi connectivity index (χ1n) is 13.4. The van der Waals surface area contributed by atoms with Gasteiger partial charge in [0, 0.05) is 61.4 Å². The van der Waals surface area contributed by atoms with Crippen LogP contribution >= 0.6 is 11.6 Å². The second-order valence-corrected chi connectivity index (χ2v) is 11.9. The van der Waals surface area contributed by atoms with Gasteiger partial charge in [-0.25, -0.2) is 14.8 Å². The van der Waals surface area contributed by atoms with E-state index in [1.165, 1.54) is 0 Å². The summed E-state index contributed by atoms with van der Waals surface area (Å²) < 4.78 is 5.47. The highest BCUT2D eigenvalue weighted by Gasteiger charge is 2.36. The molecule has 1 aromatic carbocycles. The Morgan fingerprint density at radius 3 is 2.79 bits per heavy atom. The third-order valence-electron chi connectivity index (χ3n) is 7.43. The molecule has 1 amide bonds. The highest BCUT2D eigenvalue weighted by molar-refractivity contribution is 6.33. The minimum Gasteiger partial charge on any atom is -0.444 e. The number of H-pyrrole nitrogens is 1. The van der Waals surface area contributed by atoms with Crippen LogP contribution in [0.5, 0.6) is 0 Å². The van der Waals surface area contributed by atoms with E-state index in [0.717, 1.165) is 42.5 Å². The largest absolute Gasteiger partial charge is 0.444 e. The third-order valence-corrected chi connectivity index (χ3v) is 7.71. The summed E-state index contributed by atoms with van der Waals surface area (Å²) in [6, 6.07) is 8.30. The van der Waals surface area contributed by atoms with Crippen LogP contribution in [0.3, 0.4) is 0 Å². The molecule has 2 aliphatic heterocycles. The van der Waals surface area contributed by atoms with Gasteiger partial charge in [0.05, 0.1) is 22.5 Å². The minimum atomic E-state index is -0.752. The molecule has 0 saturated carbocycles. The fourth-order valence-corrected chi connectivity index (χ4v) is 5.47. The molecule has 2 saturated heterocycles. The number of carbonyl (C=O) groups excluding carboxylic acids is 1. The maximum Gasteiger partial charge on any atom is 0.410 e. The van der Waals surface area contributed by atoms with Crippen LogP contribution in [0.4, 0.5) is 10.7 Å². The average molecular weight is 541 g/mol. The summed E-state index contributed by atoms with van der Waals surface area (Å²) in [5, 5.41) is 16.2. The Morgan fingerprint density at radius 1 is 1.26 bits per heavy atom. The number of aliphatic hydroxyl groups is 1. The molecule has 38 heavy (non-hydrogen) atoms. The second-order valence-electron chi connectivity index (χ2n) is 11.5. The van der Waals surface area contributed by atoms with Crippen LogP contribution in [0, 0.1) is 0 Å². The van der Waals surface area contributed by atoms with E-state index in [4.69, 9.17) is 21.3 Å². The maximum atomic E-state index is 12.3. The van der Waals surface area contributed by atoms with Gasteiger partial charge in [0.15, 0.2) is 0 Å². The molecular weight excluding hydrogens is 504 g/mol. The Hall–Kier alpha value is -2.88. The summed E-state index contributed by atoms with van der Waals surface area (Å²) >= 11 is 6.48. The molecule has 2 aliphatic rings. The molecule has 2 aromatic heterocycles. The van der Waals surface area contributed by atoms with Gasteiger partial charge >= 0.3 is 6.09 Å². The molecule has 204 valence electrons. The van der Waals surface area contributed by atoms with Crippen LogP contribution in [0.25, 0.3) is 22.2 Å². The number of nitrogens with zero attached hydrogens (tertiary/aromatic N) is 4. The number of aromatic amines is 1. The van der Waals surface area contributed by atoms with Gasteiger partial charge in [-0.05, 0) is 52.5 Å². The van der Waals surface area contributed by atoms with E-state index in [1.807, 2.05) is 45.2 Å². The molecular formula is C28H37ClN6O3. The first-order valence-corrected chi connectivity index (χ1v) is 13.7. The van der Waals surface area contributed by atoms with E-state index < -0.39 is 11.2 Å². The molecule has 10 heteroatoms. The average Bonchev–Trinajstić information content (AvgIpc) is 3.50. The predicted molar refractivity (Wildman–Crippen MR) is 149 cm³/mol. The van der Waals surface area contributed by atoms with Crippen LogP contribution in [0.15, 0.2) is 36.7 Å². The summed E-state index contributed by atoms with van der Waals surface area (Å²) in [7, 11) is 0. The number of hydrogen-bond acceptors (Lipinski definition) is 7. The molecule has 4 heterocycles. The van der Waals surface area contributed by atoms with E-state index in [9.17, 15) is 9.90 Å². The molecule has 3 N–H and O–H groups in total. The summed E-state index contributed by atoms with van der Waals surface area (Å²) in [5.74, 6) is 0.565. The van der Waals surface area contributed by atoms with E-state index >= 15 is 0 Å². The lowest BCUT2D eigenvalue weighted by molar-refractivity contribution is -0.0400. The molecule has 0 spiro atoms. The number of para-hydroxylation sites is 1. The number of nitrogens with one attached hydrogen (secondary N) is 2. The molecule has 5 rings (SSSR count). The molecule has 0 aliphatic carbocycles. The van der Waals surface area contributed by atoms with Crippen molar-refractivity contribution < 1.29 is 14.6 Å². The molecule has 3 aromatic rings. The molecule has 0 radical (unpaired) electrons. The number of rotatable bonds is 6. The number of ether oxygens (including phenoxy) is 1.